The monoisotopic (exact) mass is 618 g/mol. The van der Waals surface area contributed by atoms with Crippen molar-refractivity contribution in [3.8, 4) is 0 Å². The third-order valence-corrected chi connectivity index (χ3v) is 8.62. The summed E-state index contributed by atoms with van der Waals surface area (Å²) in [7, 11) is 4.20. The molecule has 0 aliphatic heterocycles. The molecule has 242 valence electrons. The minimum atomic E-state index is -3.92. The molecular weight excluding hydrogens is 554 g/mol. The number of nitrogens with zero attached hydrogens (tertiary/aromatic N) is 2. The SMILES string of the molecule is C[N+](C)(C)CCOP(=O)(O)OCCCCCCCCCCCCCCCCCCOP(=O)(O)OCC[N+](C)(C)C. The normalized spacial score (nSPS) is 15.7. The van der Waals surface area contributed by atoms with Crippen molar-refractivity contribution in [1.82, 2.24) is 0 Å². The van der Waals surface area contributed by atoms with Gasteiger partial charge in [-0.1, -0.05) is 89.9 Å². The van der Waals surface area contributed by atoms with E-state index in [1.807, 2.05) is 42.3 Å². The number of hydrogen-bond acceptors (Lipinski definition) is 6. The molecule has 0 heterocycles. The summed E-state index contributed by atoms with van der Waals surface area (Å²) >= 11 is 0. The van der Waals surface area contributed by atoms with Crippen molar-refractivity contribution in [3.63, 3.8) is 0 Å². The average Bonchev–Trinajstić information content (AvgIpc) is 2.80. The zero-order valence-corrected chi connectivity index (χ0v) is 28.5. The molecule has 0 aromatic rings. The molecule has 40 heavy (non-hydrogen) atoms. The number of phosphoric acid groups is 2. The molecule has 0 fully saturated rings. The van der Waals surface area contributed by atoms with Crippen LogP contribution in [0.5, 0.6) is 0 Å². The molecule has 2 unspecified atom stereocenters. The van der Waals surface area contributed by atoms with Gasteiger partial charge in [0, 0.05) is 0 Å². The fourth-order valence-electron chi connectivity index (χ4n) is 3.97. The van der Waals surface area contributed by atoms with E-state index in [4.69, 9.17) is 18.1 Å². The summed E-state index contributed by atoms with van der Waals surface area (Å²) in [5.41, 5.74) is 0. The Hall–Kier alpha value is 0.140. The van der Waals surface area contributed by atoms with Crippen LogP contribution in [0.15, 0.2) is 0 Å². The van der Waals surface area contributed by atoms with Crippen LogP contribution in [0.1, 0.15) is 103 Å². The van der Waals surface area contributed by atoms with Crippen LogP contribution in [0.4, 0.5) is 0 Å². The first kappa shape index (κ1) is 40.1. The van der Waals surface area contributed by atoms with E-state index in [9.17, 15) is 18.9 Å². The highest BCUT2D eigenvalue weighted by atomic mass is 31.2. The molecule has 2 N–H and O–H groups in total. The van der Waals surface area contributed by atoms with Gasteiger partial charge in [0.25, 0.3) is 0 Å². The van der Waals surface area contributed by atoms with Gasteiger partial charge in [-0.15, -0.1) is 0 Å². The van der Waals surface area contributed by atoms with E-state index in [2.05, 4.69) is 0 Å². The summed E-state index contributed by atoms with van der Waals surface area (Å²) in [6, 6.07) is 0. The van der Waals surface area contributed by atoms with Crippen molar-refractivity contribution >= 4 is 15.6 Å². The summed E-state index contributed by atoms with van der Waals surface area (Å²) in [6.45, 7) is 2.27. The van der Waals surface area contributed by atoms with Gasteiger partial charge >= 0.3 is 15.6 Å². The van der Waals surface area contributed by atoms with Crippen molar-refractivity contribution in [2.24, 2.45) is 0 Å². The van der Waals surface area contributed by atoms with Crippen molar-refractivity contribution in [2.75, 3.05) is 81.8 Å². The first-order valence-electron chi connectivity index (χ1n) is 15.5. The molecule has 0 saturated carbocycles. The molecule has 0 saturated heterocycles. The van der Waals surface area contributed by atoms with E-state index in [0.717, 1.165) is 38.5 Å². The van der Waals surface area contributed by atoms with Gasteiger partial charge in [-0.3, -0.25) is 18.1 Å². The topological polar surface area (TPSA) is 112 Å². The lowest BCUT2D eigenvalue weighted by Crippen LogP contribution is -2.37. The van der Waals surface area contributed by atoms with E-state index in [0.29, 0.717) is 22.1 Å². The molecule has 0 bridgehead atoms. The lowest BCUT2D eigenvalue weighted by Gasteiger charge is -2.24. The first-order chi connectivity index (χ1) is 18.6. The van der Waals surface area contributed by atoms with Crippen molar-refractivity contribution in [3.05, 3.63) is 0 Å². The molecule has 0 aromatic carbocycles. The molecule has 0 rings (SSSR count). The molecule has 0 spiro atoms. The maximum absolute atomic E-state index is 11.8. The Morgan fingerprint density at radius 3 is 0.825 bits per heavy atom. The standard InChI is InChI=1S/C28H62N2O8P2/c1-29(2,3)23-27-37-39(31,32)35-25-21-19-17-15-13-11-9-7-8-10-12-14-16-18-20-22-26-36-40(33,34)38-28-24-30(4,5)6/h7-28H2,1-6H3/p+2. The largest absolute Gasteiger partial charge is 0.472 e. The minimum Gasteiger partial charge on any atom is -0.329 e. The van der Waals surface area contributed by atoms with Crippen LogP contribution in [0.2, 0.25) is 0 Å². The lowest BCUT2D eigenvalue weighted by atomic mass is 10.0. The summed E-state index contributed by atoms with van der Waals surface area (Å²) in [4.78, 5) is 19.4. The van der Waals surface area contributed by atoms with Crippen LogP contribution >= 0.6 is 15.6 Å². The van der Waals surface area contributed by atoms with Crippen molar-refractivity contribution in [1.29, 1.82) is 0 Å². The van der Waals surface area contributed by atoms with Crippen LogP contribution in [0, 0.1) is 0 Å². The van der Waals surface area contributed by atoms with Crippen molar-refractivity contribution in [2.45, 2.75) is 103 Å². The number of phosphoric ester groups is 2. The fraction of sp³-hybridized carbons (Fsp3) is 1.00. The summed E-state index contributed by atoms with van der Waals surface area (Å²) in [6.07, 6.45) is 18.6. The van der Waals surface area contributed by atoms with Gasteiger partial charge in [-0.25, -0.2) is 9.13 Å². The highest BCUT2D eigenvalue weighted by Gasteiger charge is 2.23. The molecular formula is C28H64N2O8P2+2. The fourth-order valence-corrected chi connectivity index (χ4v) is 5.47. The molecule has 0 amide bonds. The van der Waals surface area contributed by atoms with Gasteiger partial charge in [0.05, 0.1) is 55.5 Å². The van der Waals surface area contributed by atoms with Crippen LogP contribution in [0.3, 0.4) is 0 Å². The van der Waals surface area contributed by atoms with E-state index in [1.165, 1.54) is 64.2 Å². The number of likely N-dealkylation sites (N-methyl/N-ethyl adjacent to an activating group) is 2. The Kier molecular flexibility index (Phi) is 22.7. The van der Waals surface area contributed by atoms with Crippen LogP contribution in [-0.2, 0) is 27.2 Å². The van der Waals surface area contributed by atoms with Crippen LogP contribution in [-0.4, -0.2) is 101 Å². The smallest absolute Gasteiger partial charge is 0.329 e. The maximum atomic E-state index is 11.8. The third-order valence-electron chi connectivity index (χ3n) is 6.58. The molecule has 2 atom stereocenters. The second-order valence-corrected chi connectivity index (χ2v) is 15.9. The van der Waals surface area contributed by atoms with Gasteiger partial charge in [-0.2, -0.15) is 0 Å². The number of hydrogen-bond donors (Lipinski definition) is 2. The molecule has 12 heteroatoms. The van der Waals surface area contributed by atoms with Crippen LogP contribution < -0.4 is 0 Å². The van der Waals surface area contributed by atoms with Gasteiger partial charge in [0.15, 0.2) is 0 Å². The molecule has 0 radical (unpaired) electrons. The van der Waals surface area contributed by atoms with E-state index >= 15 is 0 Å². The molecule has 10 nitrogen and oxygen atoms in total. The molecule has 0 aromatic heterocycles. The summed E-state index contributed by atoms with van der Waals surface area (Å²) in [5, 5.41) is 0. The van der Waals surface area contributed by atoms with Crippen LogP contribution in [0.25, 0.3) is 0 Å². The summed E-state index contributed by atoms with van der Waals surface area (Å²) < 4.78 is 45.2. The number of rotatable bonds is 29. The first-order valence-corrected chi connectivity index (χ1v) is 18.5. The summed E-state index contributed by atoms with van der Waals surface area (Å²) in [5.74, 6) is 0. The van der Waals surface area contributed by atoms with E-state index in [1.54, 1.807) is 0 Å². The molecule has 0 aliphatic rings. The Balaban J connectivity index is 3.36. The molecule has 0 aliphatic carbocycles. The number of unbranched alkanes of at least 4 members (excludes halogenated alkanes) is 15. The Morgan fingerprint density at radius 2 is 0.600 bits per heavy atom. The quantitative estimate of drug-likeness (QED) is 0.0529. The zero-order chi connectivity index (χ0) is 30.4. The highest BCUT2D eigenvalue weighted by Crippen LogP contribution is 2.43. The predicted molar refractivity (Wildman–Crippen MR) is 163 cm³/mol. The van der Waals surface area contributed by atoms with Gasteiger partial charge in [0.2, 0.25) is 0 Å². The third kappa shape index (κ3) is 31.1. The van der Waals surface area contributed by atoms with E-state index in [-0.39, 0.29) is 26.4 Å². The predicted octanol–water partition coefficient (Wildman–Crippen LogP) is 6.91. The van der Waals surface area contributed by atoms with Gasteiger partial charge in [-0.05, 0) is 12.8 Å². The Bertz CT molecular complexity index is 641. The number of quaternary nitrogens is 2. The second kappa shape index (κ2) is 22.6. The zero-order valence-electron chi connectivity index (χ0n) is 26.7. The second-order valence-electron chi connectivity index (χ2n) is 13.0. The van der Waals surface area contributed by atoms with Gasteiger partial charge < -0.3 is 18.8 Å². The average molecular weight is 619 g/mol. The minimum absolute atomic E-state index is 0.210. The maximum Gasteiger partial charge on any atom is 0.472 e. The highest BCUT2D eigenvalue weighted by molar-refractivity contribution is 7.47. The van der Waals surface area contributed by atoms with Crippen molar-refractivity contribution < 1.29 is 46.0 Å². The van der Waals surface area contributed by atoms with Gasteiger partial charge in [0.1, 0.15) is 26.3 Å². The Morgan fingerprint density at radius 1 is 0.400 bits per heavy atom. The van der Waals surface area contributed by atoms with E-state index < -0.39 is 15.6 Å². The lowest BCUT2D eigenvalue weighted by molar-refractivity contribution is -0.870. The Labute approximate surface area is 246 Å².